The standard InChI is InChI=1S/C10H13FN2O2/c1-6-5-8(3-4-9(6)11)15-7(2)10(14)13-12/h3-5,7H,12H2,1-2H3,(H,13,14). The molecule has 1 atom stereocenters. The zero-order valence-electron chi connectivity index (χ0n) is 8.58. The summed E-state index contributed by atoms with van der Waals surface area (Å²) in [6, 6.07) is 4.27. The lowest BCUT2D eigenvalue weighted by Gasteiger charge is -2.13. The quantitative estimate of drug-likeness (QED) is 0.444. The van der Waals surface area contributed by atoms with E-state index in [0.717, 1.165) is 0 Å². The molecule has 0 radical (unpaired) electrons. The average Bonchev–Trinajstić information content (AvgIpc) is 2.22. The summed E-state index contributed by atoms with van der Waals surface area (Å²) in [5, 5.41) is 0. The molecule has 0 aliphatic rings. The number of halogens is 1. The van der Waals surface area contributed by atoms with Gasteiger partial charge in [0.25, 0.3) is 5.91 Å². The molecule has 0 aliphatic carbocycles. The molecule has 1 aromatic carbocycles. The number of hydrogen-bond acceptors (Lipinski definition) is 3. The molecule has 1 amide bonds. The Morgan fingerprint density at radius 2 is 2.27 bits per heavy atom. The molecule has 0 aromatic heterocycles. The van der Waals surface area contributed by atoms with Crippen LogP contribution in [0.1, 0.15) is 12.5 Å². The van der Waals surface area contributed by atoms with Gasteiger partial charge in [-0.1, -0.05) is 0 Å². The Bertz CT molecular complexity index is 368. The topological polar surface area (TPSA) is 64.3 Å². The number of hydrogen-bond donors (Lipinski definition) is 2. The van der Waals surface area contributed by atoms with E-state index in [-0.39, 0.29) is 5.82 Å². The summed E-state index contributed by atoms with van der Waals surface area (Å²) < 4.78 is 18.2. The fourth-order valence-electron chi connectivity index (χ4n) is 1.07. The van der Waals surface area contributed by atoms with E-state index in [1.165, 1.54) is 18.2 Å². The molecule has 0 saturated heterocycles. The molecule has 0 saturated carbocycles. The van der Waals surface area contributed by atoms with Crippen LogP contribution in [0.2, 0.25) is 0 Å². The van der Waals surface area contributed by atoms with Crippen molar-refractivity contribution >= 4 is 5.91 Å². The van der Waals surface area contributed by atoms with E-state index in [4.69, 9.17) is 10.6 Å². The van der Waals surface area contributed by atoms with Gasteiger partial charge in [-0.05, 0) is 37.6 Å². The summed E-state index contributed by atoms with van der Waals surface area (Å²) in [7, 11) is 0. The van der Waals surface area contributed by atoms with Crippen molar-refractivity contribution in [2.24, 2.45) is 5.84 Å². The largest absolute Gasteiger partial charge is 0.481 e. The maximum absolute atomic E-state index is 12.9. The Balaban J connectivity index is 2.73. The van der Waals surface area contributed by atoms with Crippen LogP contribution in [-0.2, 0) is 4.79 Å². The zero-order valence-corrected chi connectivity index (χ0v) is 8.58. The molecule has 1 aromatic rings. The lowest BCUT2D eigenvalue weighted by atomic mass is 10.2. The molecular formula is C10H13FN2O2. The lowest BCUT2D eigenvalue weighted by Crippen LogP contribution is -2.40. The van der Waals surface area contributed by atoms with Gasteiger partial charge in [-0.25, -0.2) is 10.2 Å². The van der Waals surface area contributed by atoms with E-state index in [9.17, 15) is 9.18 Å². The number of nitrogens with two attached hydrogens (primary N) is 1. The van der Waals surface area contributed by atoms with Gasteiger partial charge in [0.15, 0.2) is 6.10 Å². The predicted octanol–water partition coefficient (Wildman–Crippen LogP) is 0.891. The number of benzene rings is 1. The summed E-state index contributed by atoms with van der Waals surface area (Å²) >= 11 is 0. The summed E-state index contributed by atoms with van der Waals surface area (Å²) in [5.41, 5.74) is 2.44. The van der Waals surface area contributed by atoms with Crippen LogP contribution in [0.15, 0.2) is 18.2 Å². The van der Waals surface area contributed by atoms with Crippen LogP contribution in [0.4, 0.5) is 4.39 Å². The van der Waals surface area contributed by atoms with Crippen LogP contribution in [0.25, 0.3) is 0 Å². The number of aryl methyl sites for hydroxylation is 1. The van der Waals surface area contributed by atoms with Gasteiger partial charge in [0, 0.05) is 0 Å². The van der Waals surface area contributed by atoms with Crippen LogP contribution in [0.3, 0.4) is 0 Å². The Morgan fingerprint density at radius 3 is 2.80 bits per heavy atom. The first-order valence-electron chi connectivity index (χ1n) is 4.48. The highest BCUT2D eigenvalue weighted by molar-refractivity contribution is 5.80. The molecular weight excluding hydrogens is 199 g/mol. The van der Waals surface area contributed by atoms with Gasteiger partial charge < -0.3 is 4.74 Å². The van der Waals surface area contributed by atoms with Crippen molar-refractivity contribution in [1.82, 2.24) is 5.43 Å². The first-order chi connectivity index (χ1) is 7.04. The van der Waals surface area contributed by atoms with E-state index < -0.39 is 12.0 Å². The monoisotopic (exact) mass is 212 g/mol. The Hall–Kier alpha value is -1.62. The van der Waals surface area contributed by atoms with Crippen LogP contribution < -0.4 is 16.0 Å². The second-order valence-electron chi connectivity index (χ2n) is 3.18. The average molecular weight is 212 g/mol. The first-order valence-corrected chi connectivity index (χ1v) is 4.48. The lowest BCUT2D eigenvalue weighted by molar-refractivity contribution is -0.127. The number of ether oxygens (including phenoxy) is 1. The predicted molar refractivity (Wildman–Crippen MR) is 53.6 cm³/mol. The van der Waals surface area contributed by atoms with Crippen molar-refractivity contribution in [2.75, 3.05) is 0 Å². The molecule has 0 aliphatic heterocycles. The summed E-state index contributed by atoms with van der Waals surface area (Å²) in [4.78, 5) is 11.0. The van der Waals surface area contributed by atoms with Gasteiger partial charge in [-0.2, -0.15) is 0 Å². The second kappa shape index (κ2) is 4.75. The molecule has 0 heterocycles. The fourth-order valence-corrected chi connectivity index (χ4v) is 1.07. The van der Waals surface area contributed by atoms with E-state index in [2.05, 4.69) is 0 Å². The van der Waals surface area contributed by atoms with Gasteiger partial charge in [0.1, 0.15) is 11.6 Å². The van der Waals surface area contributed by atoms with Gasteiger partial charge in [-0.3, -0.25) is 10.2 Å². The van der Waals surface area contributed by atoms with Gasteiger partial charge >= 0.3 is 0 Å². The van der Waals surface area contributed by atoms with E-state index >= 15 is 0 Å². The van der Waals surface area contributed by atoms with Crippen molar-refractivity contribution in [2.45, 2.75) is 20.0 Å². The van der Waals surface area contributed by atoms with E-state index in [1.54, 1.807) is 13.8 Å². The fraction of sp³-hybridized carbons (Fsp3) is 0.300. The van der Waals surface area contributed by atoms with Crippen LogP contribution in [0, 0.1) is 12.7 Å². The van der Waals surface area contributed by atoms with Gasteiger partial charge in [0.05, 0.1) is 0 Å². The molecule has 82 valence electrons. The molecule has 5 heteroatoms. The van der Waals surface area contributed by atoms with Crippen LogP contribution in [-0.4, -0.2) is 12.0 Å². The molecule has 3 N–H and O–H groups in total. The zero-order chi connectivity index (χ0) is 11.4. The summed E-state index contributed by atoms with van der Waals surface area (Å²) in [5.74, 6) is 4.64. The van der Waals surface area contributed by atoms with Crippen LogP contribution in [0.5, 0.6) is 5.75 Å². The van der Waals surface area contributed by atoms with Crippen molar-refractivity contribution in [3.05, 3.63) is 29.6 Å². The third kappa shape index (κ3) is 2.92. The highest BCUT2D eigenvalue weighted by Gasteiger charge is 2.13. The highest BCUT2D eigenvalue weighted by atomic mass is 19.1. The van der Waals surface area contributed by atoms with Crippen molar-refractivity contribution in [1.29, 1.82) is 0 Å². The maximum atomic E-state index is 12.9. The molecule has 4 nitrogen and oxygen atoms in total. The number of hydrazine groups is 1. The minimum absolute atomic E-state index is 0.307. The third-order valence-electron chi connectivity index (χ3n) is 1.95. The Kier molecular flexibility index (Phi) is 3.62. The molecule has 0 bridgehead atoms. The van der Waals surface area contributed by atoms with Crippen LogP contribution >= 0.6 is 0 Å². The van der Waals surface area contributed by atoms with Crippen molar-refractivity contribution < 1.29 is 13.9 Å². The molecule has 0 spiro atoms. The first kappa shape index (κ1) is 11.5. The van der Waals surface area contributed by atoms with Gasteiger partial charge in [0.2, 0.25) is 0 Å². The van der Waals surface area contributed by atoms with Crippen molar-refractivity contribution in [3.8, 4) is 5.75 Å². The highest BCUT2D eigenvalue weighted by Crippen LogP contribution is 2.17. The summed E-state index contributed by atoms with van der Waals surface area (Å²) in [6.45, 7) is 3.18. The number of carbonyl (C=O) groups excluding carboxylic acids is 1. The van der Waals surface area contributed by atoms with Crippen molar-refractivity contribution in [3.63, 3.8) is 0 Å². The molecule has 1 unspecified atom stereocenters. The van der Waals surface area contributed by atoms with Gasteiger partial charge in [-0.15, -0.1) is 0 Å². The second-order valence-corrected chi connectivity index (χ2v) is 3.18. The number of rotatable bonds is 3. The maximum Gasteiger partial charge on any atom is 0.274 e. The van der Waals surface area contributed by atoms with E-state index in [0.29, 0.717) is 11.3 Å². The SMILES string of the molecule is Cc1cc(OC(C)C(=O)NN)ccc1F. The minimum atomic E-state index is -0.708. The third-order valence-corrected chi connectivity index (χ3v) is 1.95. The number of nitrogens with one attached hydrogen (secondary N) is 1. The smallest absolute Gasteiger partial charge is 0.274 e. The Labute approximate surface area is 87.2 Å². The molecule has 15 heavy (non-hydrogen) atoms. The normalized spacial score (nSPS) is 12.0. The summed E-state index contributed by atoms with van der Waals surface area (Å²) in [6.07, 6.45) is -0.708. The molecule has 0 fully saturated rings. The number of amides is 1. The Morgan fingerprint density at radius 1 is 1.60 bits per heavy atom. The molecule has 1 rings (SSSR count). The number of carbonyl (C=O) groups is 1. The minimum Gasteiger partial charge on any atom is -0.481 e. The van der Waals surface area contributed by atoms with E-state index in [1.807, 2.05) is 5.43 Å².